The fourth-order valence-electron chi connectivity index (χ4n) is 6.55. The first-order valence-corrected chi connectivity index (χ1v) is 18.9. The quantitative estimate of drug-likeness (QED) is 0.0316. The van der Waals surface area contributed by atoms with Gasteiger partial charge >= 0.3 is 0 Å². The second-order valence-corrected chi connectivity index (χ2v) is 13.1. The monoisotopic (exact) mass is 645 g/mol. The van der Waals surface area contributed by atoms with Gasteiger partial charge in [-0.15, -0.1) is 0 Å². The molecule has 0 aromatic heterocycles. The third kappa shape index (κ3) is 11.7. The minimum atomic E-state index is 0.288. The van der Waals surface area contributed by atoms with E-state index < -0.39 is 0 Å². The van der Waals surface area contributed by atoms with Crippen molar-refractivity contribution in [2.75, 3.05) is 13.1 Å². The molecule has 48 heavy (non-hydrogen) atoms. The van der Waals surface area contributed by atoms with Gasteiger partial charge in [0.1, 0.15) is 30.1 Å². The summed E-state index contributed by atoms with van der Waals surface area (Å²) in [6.45, 7) is 8.46. The molecule has 2 aromatic rings. The molecule has 0 bridgehead atoms. The van der Waals surface area contributed by atoms with Crippen molar-refractivity contribution < 1.29 is 9.21 Å². The molecule has 4 heteroatoms. The summed E-state index contributed by atoms with van der Waals surface area (Å²) in [6.07, 6.45) is 20.4. The lowest BCUT2D eigenvalue weighted by atomic mass is 9.97. The summed E-state index contributed by atoms with van der Waals surface area (Å²) >= 11 is 0. The third-order valence-electron chi connectivity index (χ3n) is 9.38. The molecule has 0 fully saturated rings. The van der Waals surface area contributed by atoms with Gasteiger partial charge in [0, 0.05) is 37.1 Å². The maximum absolute atomic E-state index is 13.1. The Hall–Kier alpha value is -3.89. The van der Waals surface area contributed by atoms with Crippen molar-refractivity contribution in [3.8, 4) is 35.1 Å². The van der Waals surface area contributed by atoms with Crippen LogP contribution in [0.2, 0.25) is 0 Å². The Bertz CT molecular complexity index is 1750. The molecule has 0 spiro atoms. The first-order valence-electron chi connectivity index (χ1n) is 18.9. The zero-order valence-corrected chi connectivity index (χ0v) is 30.0. The molecule has 0 saturated heterocycles. The molecule has 0 N–H and O–H groups in total. The molecule has 4 nitrogen and oxygen atoms in total. The Morgan fingerprint density at radius 3 is 1.96 bits per heavy atom. The van der Waals surface area contributed by atoms with Crippen LogP contribution in [0, 0.1) is 23.7 Å². The molecule has 0 unspecified atom stereocenters. The molecular formula is C44H57N2O2+. The number of aromatic nitrogens is 1. The maximum atomic E-state index is 13.1. The molecule has 0 amide bonds. The number of hydrogen-bond donors (Lipinski definition) is 0. The van der Waals surface area contributed by atoms with Crippen LogP contribution in [-0.2, 0) is 11.2 Å². The second kappa shape index (κ2) is 21.2. The molecule has 2 aliphatic rings. The number of nitrogens with zero attached hydrogens (tertiary/aromatic N) is 2. The molecule has 4 rings (SSSR count). The van der Waals surface area contributed by atoms with Crippen LogP contribution in [-0.4, -0.2) is 23.9 Å². The standard InChI is InChI=1S/C44H57N2O2/c1-4-7-8-9-10-11-12-13-14-15-16-17-18-19-20-21-22-23-24-25-28-38(47)33-36-34-43-44(40-30-27-26-29-39(36)40)45-41-32-31-37(35-42(41)48-43)46(5-2)6-3/h26-27,29-32,34-35H,4-14,19-25,28,33H2,1-3H3/q+1. The van der Waals surface area contributed by atoms with Crippen LogP contribution in [0.4, 0.5) is 0 Å². The van der Waals surface area contributed by atoms with E-state index in [9.17, 15) is 4.79 Å². The van der Waals surface area contributed by atoms with Gasteiger partial charge in [-0.05, 0) is 68.0 Å². The highest BCUT2D eigenvalue weighted by Gasteiger charge is 2.16. The van der Waals surface area contributed by atoms with Crippen molar-refractivity contribution in [1.82, 2.24) is 9.56 Å². The normalized spacial score (nSPS) is 11.0. The van der Waals surface area contributed by atoms with Crippen molar-refractivity contribution >= 4 is 27.7 Å². The van der Waals surface area contributed by atoms with E-state index in [2.05, 4.69) is 73.3 Å². The van der Waals surface area contributed by atoms with E-state index in [1.165, 1.54) is 70.6 Å². The predicted molar refractivity (Wildman–Crippen MR) is 203 cm³/mol. The lowest BCUT2D eigenvalue weighted by Gasteiger charge is -2.12. The van der Waals surface area contributed by atoms with E-state index in [1.807, 2.05) is 24.3 Å². The predicted octanol–water partition coefficient (Wildman–Crippen LogP) is 10.7. The number of carbonyl (C=O) groups excluding carboxylic acids is 1. The van der Waals surface area contributed by atoms with Gasteiger partial charge in [-0.2, -0.15) is 0 Å². The van der Waals surface area contributed by atoms with Crippen LogP contribution in [0.25, 0.3) is 33.3 Å². The van der Waals surface area contributed by atoms with Gasteiger partial charge in [-0.25, -0.2) is 9.56 Å². The second-order valence-electron chi connectivity index (χ2n) is 13.1. The minimum absolute atomic E-state index is 0.288. The molecule has 1 aliphatic carbocycles. The lowest BCUT2D eigenvalue weighted by molar-refractivity contribution is -0.118. The van der Waals surface area contributed by atoms with Crippen LogP contribution in [0.5, 0.6) is 0 Å². The van der Waals surface area contributed by atoms with Gasteiger partial charge in [-0.3, -0.25) is 4.79 Å². The van der Waals surface area contributed by atoms with Gasteiger partial charge in [0.05, 0.1) is 6.07 Å². The molecule has 1 heterocycles. The molecule has 0 atom stereocenters. The largest absolute Gasteiger partial charge is 0.453 e. The average Bonchev–Trinajstić information content (AvgIpc) is 3.10. The fourth-order valence-corrected chi connectivity index (χ4v) is 6.55. The van der Waals surface area contributed by atoms with E-state index in [4.69, 9.17) is 9.40 Å². The topological polar surface area (TPSA) is 46.1 Å². The highest BCUT2D eigenvalue weighted by atomic mass is 16.3. The smallest absolute Gasteiger partial charge is 0.203 e. The van der Waals surface area contributed by atoms with E-state index in [-0.39, 0.29) is 5.78 Å². The number of Topliss-reactive ketones (excluding diaryl/α,β-unsaturated/α-hetero) is 1. The minimum Gasteiger partial charge on any atom is -0.453 e. The van der Waals surface area contributed by atoms with Crippen molar-refractivity contribution in [2.24, 2.45) is 0 Å². The van der Waals surface area contributed by atoms with Crippen molar-refractivity contribution in [1.29, 1.82) is 0 Å². The number of carbonyl (C=O) groups is 1. The number of benzene rings is 3. The summed E-state index contributed by atoms with van der Waals surface area (Å²) in [6, 6.07) is 16.5. The molecule has 1 aliphatic heterocycles. The fraction of sp³-hybridized carbons (Fsp3) is 0.523. The van der Waals surface area contributed by atoms with Crippen LogP contribution in [0.1, 0.15) is 135 Å². The van der Waals surface area contributed by atoms with Gasteiger partial charge in [0.2, 0.25) is 5.36 Å². The number of unbranched alkanes of at least 4 members (excludes halogenated alkanes) is 14. The Kier molecular flexibility index (Phi) is 16.3. The van der Waals surface area contributed by atoms with E-state index >= 15 is 0 Å². The van der Waals surface area contributed by atoms with Gasteiger partial charge in [0.15, 0.2) is 11.3 Å². The first-order chi connectivity index (χ1) is 23.6. The Morgan fingerprint density at radius 2 is 1.31 bits per heavy atom. The summed E-state index contributed by atoms with van der Waals surface area (Å²) < 4.78 is 8.75. The molecular weight excluding hydrogens is 588 g/mol. The van der Waals surface area contributed by atoms with Crippen molar-refractivity contribution in [2.45, 2.75) is 136 Å². The van der Waals surface area contributed by atoms with Gasteiger partial charge in [-0.1, -0.05) is 114 Å². The van der Waals surface area contributed by atoms with E-state index in [1.54, 1.807) is 0 Å². The molecule has 254 valence electrons. The van der Waals surface area contributed by atoms with E-state index in [0.717, 1.165) is 89.4 Å². The number of ketones is 1. The Labute approximate surface area is 289 Å². The Balaban J connectivity index is 1.17. The highest BCUT2D eigenvalue weighted by molar-refractivity contribution is 6.06. The lowest BCUT2D eigenvalue weighted by Crippen LogP contribution is -2.29. The number of rotatable bonds is 20. The summed E-state index contributed by atoms with van der Waals surface area (Å²) in [5, 5.41) is 3.25. The summed E-state index contributed by atoms with van der Waals surface area (Å²) in [4.78, 5) is 18.1. The van der Waals surface area contributed by atoms with E-state index in [0.29, 0.717) is 12.8 Å². The molecule has 2 aromatic carbocycles. The van der Waals surface area contributed by atoms with Crippen LogP contribution < -0.4 is 9.93 Å². The third-order valence-corrected chi connectivity index (χ3v) is 9.38. The van der Waals surface area contributed by atoms with Gasteiger partial charge in [0.25, 0.3) is 0 Å². The molecule has 0 saturated carbocycles. The summed E-state index contributed by atoms with van der Waals surface area (Å²) in [7, 11) is 0. The van der Waals surface area contributed by atoms with Crippen molar-refractivity contribution in [3.05, 3.63) is 59.5 Å². The summed E-state index contributed by atoms with van der Waals surface area (Å²) in [5.74, 6) is 13.6. The number of fused-ring (bicyclic) bond motifs is 4. The summed E-state index contributed by atoms with van der Waals surface area (Å²) in [5.41, 5.74) is 3.44. The highest BCUT2D eigenvalue weighted by Crippen LogP contribution is 2.32. The maximum Gasteiger partial charge on any atom is 0.203 e. The van der Waals surface area contributed by atoms with Crippen LogP contribution in [0.15, 0.2) is 52.9 Å². The number of hydrogen-bond acceptors (Lipinski definition) is 3. The zero-order chi connectivity index (χ0) is 33.8. The first kappa shape index (κ1) is 36.9. The van der Waals surface area contributed by atoms with Crippen molar-refractivity contribution in [3.63, 3.8) is 0 Å². The Morgan fingerprint density at radius 1 is 0.708 bits per heavy atom. The zero-order valence-electron chi connectivity index (χ0n) is 30.0. The average molecular weight is 646 g/mol. The van der Waals surface area contributed by atoms with Crippen LogP contribution in [0.3, 0.4) is 0 Å². The SMILES string of the molecule is CCCCCCCCCCC#CC#CCCCCCCCCC(=O)Cc1cc2oc3cc(=[N+](CC)CC)ccc-3nc2c2ccccc12. The molecule has 0 radical (unpaired) electrons. The van der Waals surface area contributed by atoms with Crippen LogP contribution >= 0.6 is 0 Å². The van der Waals surface area contributed by atoms with Gasteiger partial charge < -0.3 is 4.42 Å².